The SMILES string of the molecule is CCn1c(SCC(=O)Nc2sc3c(c2C#N)CCC(C(C)(C)CC)C3)nnc1C(C)Oc1ccc(C(C)C)cc1. The van der Waals surface area contributed by atoms with E-state index in [9.17, 15) is 10.1 Å². The van der Waals surface area contributed by atoms with E-state index >= 15 is 0 Å². The summed E-state index contributed by atoms with van der Waals surface area (Å²) in [5, 5.41) is 23.0. The molecule has 9 heteroatoms. The molecule has 0 fully saturated rings. The van der Waals surface area contributed by atoms with Gasteiger partial charge in [-0.05, 0) is 73.6 Å². The summed E-state index contributed by atoms with van der Waals surface area (Å²) >= 11 is 2.92. The Labute approximate surface area is 246 Å². The Balaban J connectivity index is 1.39. The van der Waals surface area contributed by atoms with E-state index in [1.807, 2.05) is 30.5 Å². The molecule has 2 heterocycles. The van der Waals surface area contributed by atoms with Crippen molar-refractivity contribution in [3.8, 4) is 11.8 Å². The second-order valence-corrected chi connectivity index (χ2v) is 13.6. The summed E-state index contributed by atoms with van der Waals surface area (Å²) in [6.45, 7) is 15.9. The number of anilines is 1. The zero-order chi connectivity index (χ0) is 29.0. The van der Waals surface area contributed by atoms with E-state index in [2.05, 4.69) is 68.3 Å². The number of ether oxygens (including phenoxy) is 1. The minimum atomic E-state index is -0.294. The molecule has 1 N–H and O–H groups in total. The van der Waals surface area contributed by atoms with Gasteiger partial charge in [0.2, 0.25) is 5.91 Å². The van der Waals surface area contributed by atoms with Crippen LogP contribution in [0.2, 0.25) is 0 Å². The minimum absolute atomic E-state index is 0.146. The summed E-state index contributed by atoms with van der Waals surface area (Å²) in [6, 6.07) is 10.5. The Morgan fingerprint density at radius 2 is 1.98 bits per heavy atom. The zero-order valence-corrected chi connectivity index (χ0v) is 26.3. The van der Waals surface area contributed by atoms with Gasteiger partial charge in [0.15, 0.2) is 17.1 Å². The molecule has 1 aliphatic rings. The zero-order valence-electron chi connectivity index (χ0n) is 24.7. The van der Waals surface area contributed by atoms with Gasteiger partial charge in [0.05, 0.1) is 11.3 Å². The molecular formula is C31H41N5O2S2. The molecule has 0 aliphatic heterocycles. The van der Waals surface area contributed by atoms with E-state index in [1.165, 1.54) is 22.2 Å². The Morgan fingerprint density at radius 3 is 2.60 bits per heavy atom. The number of thioether (sulfide) groups is 1. The van der Waals surface area contributed by atoms with Crippen LogP contribution in [0.4, 0.5) is 5.00 Å². The van der Waals surface area contributed by atoms with Crippen LogP contribution < -0.4 is 10.1 Å². The molecule has 0 spiro atoms. The number of aromatic nitrogens is 3. The Kier molecular flexibility index (Phi) is 9.63. The average Bonchev–Trinajstić information content (AvgIpc) is 3.51. The summed E-state index contributed by atoms with van der Waals surface area (Å²) in [7, 11) is 0. The largest absolute Gasteiger partial charge is 0.483 e. The fraction of sp³-hybridized carbons (Fsp3) is 0.548. The van der Waals surface area contributed by atoms with Crippen molar-refractivity contribution in [3.63, 3.8) is 0 Å². The van der Waals surface area contributed by atoms with E-state index in [-0.39, 0.29) is 23.2 Å². The van der Waals surface area contributed by atoms with Gasteiger partial charge in [-0.1, -0.05) is 64.9 Å². The number of fused-ring (bicyclic) bond motifs is 1. The van der Waals surface area contributed by atoms with E-state index in [4.69, 9.17) is 4.74 Å². The third-order valence-electron chi connectivity index (χ3n) is 8.26. The van der Waals surface area contributed by atoms with Crippen molar-refractivity contribution in [1.29, 1.82) is 5.26 Å². The summed E-state index contributed by atoms with van der Waals surface area (Å²) in [5.74, 6) is 2.60. The van der Waals surface area contributed by atoms with Crippen LogP contribution in [0.1, 0.15) is 101 Å². The maximum atomic E-state index is 13.0. The number of nitriles is 1. The van der Waals surface area contributed by atoms with E-state index in [1.54, 1.807) is 11.3 Å². The maximum Gasteiger partial charge on any atom is 0.235 e. The van der Waals surface area contributed by atoms with Gasteiger partial charge in [0, 0.05) is 11.4 Å². The maximum absolute atomic E-state index is 13.0. The van der Waals surface area contributed by atoms with Crippen LogP contribution in [-0.4, -0.2) is 26.4 Å². The summed E-state index contributed by atoms with van der Waals surface area (Å²) in [6.07, 6.45) is 3.80. The first kappa shape index (κ1) is 30.1. The van der Waals surface area contributed by atoms with Gasteiger partial charge in [-0.15, -0.1) is 21.5 Å². The first-order valence-electron chi connectivity index (χ1n) is 14.2. The fourth-order valence-corrected chi connectivity index (χ4v) is 7.34. The molecule has 1 amide bonds. The van der Waals surface area contributed by atoms with Crippen molar-refractivity contribution in [2.24, 2.45) is 11.3 Å². The molecule has 0 radical (unpaired) electrons. The lowest BCUT2D eigenvalue weighted by atomic mass is 9.69. The molecule has 0 bridgehead atoms. The molecule has 3 aromatic rings. The Bertz CT molecular complexity index is 1370. The molecule has 4 rings (SSSR count). The van der Waals surface area contributed by atoms with Crippen molar-refractivity contribution in [3.05, 3.63) is 51.7 Å². The third-order valence-corrected chi connectivity index (χ3v) is 10.4. The van der Waals surface area contributed by atoms with Crippen LogP contribution in [0, 0.1) is 22.7 Å². The van der Waals surface area contributed by atoms with E-state index in [0.29, 0.717) is 34.1 Å². The Morgan fingerprint density at radius 1 is 1.25 bits per heavy atom. The lowest BCUT2D eigenvalue weighted by Crippen LogP contribution is -2.28. The van der Waals surface area contributed by atoms with Gasteiger partial charge in [-0.2, -0.15) is 5.26 Å². The van der Waals surface area contributed by atoms with Gasteiger partial charge in [0.25, 0.3) is 0 Å². The standard InChI is InChI=1S/C31H41N5O2S2/c1-8-31(6,7)22-12-15-24-25(17-32)29(40-26(24)16-22)33-27(37)18-39-30-35-34-28(36(30)9-2)20(5)38-23-13-10-21(11-14-23)19(3)4/h10-11,13-14,19-20,22H,8-9,12,15-16,18H2,1-7H3,(H,33,37). The van der Waals surface area contributed by atoms with Gasteiger partial charge in [-0.3, -0.25) is 4.79 Å². The van der Waals surface area contributed by atoms with E-state index < -0.39 is 0 Å². The van der Waals surface area contributed by atoms with Crippen LogP contribution in [0.5, 0.6) is 5.75 Å². The van der Waals surface area contributed by atoms with Crippen LogP contribution in [0.25, 0.3) is 0 Å². The third kappa shape index (κ3) is 6.55. The number of rotatable bonds is 11. The first-order valence-corrected chi connectivity index (χ1v) is 16.0. The second kappa shape index (κ2) is 12.8. The number of amides is 1. The molecule has 214 valence electrons. The van der Waals surface area contributed by atoms with Gasteiger partial charge in [-0.25, -0.2) is 0 Å². The molecular weight excluding hydrogens is 539 g/mol. The molecule has 7 nitrogen and oxygen atoms in total. The lowest BCUT2D eigenvalue weighted by Gasteiger charge is -2.36. The number of carbonyl (C=O) groups excluding carboxylic acids is 1. The highest BCUT2D eigenvalue weighted by molar-refractivity contribution is 7.99. The molecule has 1 aliphatic carbocycles. The minimum Gasteiger partial charge on any atom is -0.483 e. The molecule has 0 saturated carbocycles. The second-order valence-electron chi connectivity index (χ2n) is 11.5. The van der Waals surface area contributed by atoms with Crippen molar-refractivity contribution in [2.45, 2.75) is 97.9 Å². The first-order chi connectivity index (χ1) is 19.1. The molecule has 2 aromatic heterocycles. The van der Waals surface area contributed by atoms with Crippen molar-refractivity contribution in [1.82, 2.24) is 14.8 Å². The van der Waals surface area contributed by atoms with Gasteiger partial charge in [0.1, 0.15) is 16.8 Å². The predicted molar refractivity (Wildman–Crippen MR) is 163 cm³/mol. The van der Waals surface area contributed by atoms with Crippen molar-refractivity contribution < 1.29 is 9.53 Å². The average molecular weight is 580 g/mol. The monoisotopic (exact) mass is 579 g/mol. The summed E-state index contributed by atoms with van der Waals surface area (Å²) < 4.78 is 8.15. The number of hydrogen-bond donors (Lipinski definition) is 1. The molecule has 0 saturated heterocycles. The highest BCUT2D eigenvalue weighted by Crippen LogP contribution is 2.45. The molecule has 2 unspecified atom stereocenters. The summed E-state index contributed by atoms with van der Waals surface area (Å²) in [5.41, 5.74) is 3.30. The quantitative estimate of drug-likeness (QED) is 0.233. The smallest absolute Gasteiger partial charge is 0.235 e. The van der Waals surface area contributed by atoms with Crippen LogP contribution in [0.3, 0.4) is 0 Å². The number of nitrogens with one attached hydrogen (secondary N) is 1. The molecule has 1 aromatic carbocycles. The summed E-state index contributed by atoms with van der Waals surface area (Å²) in [4.78, 5) is 14.2. The number of benzene rings is 1. The normalized spacial score (nSPS) is 15.9. The lowest BCUT2D eigenvalue weighted by molar-refractivity contribution is -0.113. The van der Waals surface area contributed by atoms with Crippen LogP contribution in [-0.2, 0) is 24.2 Å². The van der Waals surface area contributed by atoms with E-state index in [0.717, 1.165) is 42.8 Å². The Hall–Kier alpha value is -2.83. The van der Waals surface area contributed by atoms with Crippen molar-refractivity contribution >= 4 is 34.0 Å². The number of thiophene rings is 1. The highest BCUT2D eigenvalue weighted by Gasteiger charge is 2.34. The highest BCUT2D eigenvalue weighted by atomic mass is 32.2. The molecule has 40 heavy (non-hydrogen) atoms. The number of hydrogen-bond acceptors (Lipinski definition) is 7. The van der Waals surface area contributed by atoms with Gasteiger partial charge < -0.3 is 14.6 Å². The van der Waals surface area contributed by atoms with Crippen LogP contribution in [0.15, 0.2) is 29.4 Å². The topological polar surface area (TPSA) is 92.8 Å². The van der Waals surface area contributed by atoms with Crippen molar-refractivity contribution in [2.75, 3.05) is 11.1 Å². The van der Waals surface area contributed by atoms with Gasteiger partial charge >= 0.3 is 0 Å². The molecule has 2 atom stereocenters. The number of nitrogens with zero attached hydrogens (tertiary/aromatic N) is 4. The fourth-order valence-electron chi connectivity index (χ4n) is 5.23. The van der Waals surface area contributed by atoms with Crippen LogP contribution >= 0.6 is 23.1 Å². The number of carbonyl (C=O) groups is 1. The predicted octanol–water partition coefficient (Wildman–Crippen LogP) is 7.77.